The van der Waals surface area contributed by atoms with Gasteiger partial charge >= 0.3 is 0 Å². The van der Waals surface area contributed by atoms with Gasteiger partial charge in [-0.05, 0) is 50.4 Å². The zero-order valence-corrected chi connectivity index (χ0v) is 12.8. The van der Waals surface area contributed by atoms with Gasteiger partial charge in [0, 0.05) is 23.1 Å². The third-order valence-corrected chi connectivity index (χ3v) is 4.82. The van der Waals surface area contributed by atoms with Crippen molar-refractivity contribution in [2.45, 2.75) is 37.8 Å². The van der Waals surface area contributed by atoms with Crippen LogP contribution in [0.2, 0.25) is 0 Å². The number of carbonyl (C=O) groups excluding carboxylic acids is 1. The van der Waals surface area contributed by atoms with Crippen LogP contribution in [0.25, 0.3) is 0 Å². The van der Waals surface area contributed by atoms with E-state index >= 15 is 0 Å². The van der Waals surface area contributed by atoms with Crippen molar-refractivity contribution in [3.63, 3.8) is 0 Å². The number of rotatable bonds is 2. The minimum absolute atomic E-state index is 0.119. The number of benzene rings is 1. The standard InChI is InChI=1S/C15H18BrFN2O/c16-10-3-4-14(17)13(8-10)15(20)18-11-5-7-19-6-1-2-12(19)9-11/h3-4,8,11-12H,1-2,5-7,9H2,(H,18,20). The molecule has 2 aliphatic rings. The topological polar surface area (TPSA) is 32.3 Å². The Balaban J connectivity index is 1.65. The molecule has 2 aliphatic heterocycles. The van der Waals surface area contributed by atoms with Gasteiger partial charge in [-0.25, -0.2) is 4.39 Å². The molecule has 2 atom stereocenters. The number of nitrogens with zero attached hydrogens (tertiary/aromatic N) is 1. The van der Waals surface area contributed by atoms with Gasteiger partial charge in [0.25, 0.3) is 5.91 Å². The van der Waals surface area contributed by atoms with E-state index in [2.05, 4.69) is 26.1 Å². The zero-order valence-electron chi connectivity index (χ0n) is 11.2. The van der Waals surface area contributed by atoms with Crippen molar-refractivity contribution < 1.29 is 9.18 Å². The molecule has 2 unspecified atom stereocenters. The van der Waals surface area contributed by atoms with Crippen LogP contribution in [-0.2, 0) is 0 Å². The SMILES string of the molecule is O=C(NC1CCN2CCCC2C1)c1cc(Br)ccc1F. The highest BCUT2D eigenvalue weighted by atomic mass is 79.9. The summed E-state index contributed by atoms with van der Waals surface area (Å²) in [5.41, 5.74) is 0.119. The highest BCUT2D eigenvalue weighted by Crippen LogP contribution is 2.27. The van der Waals surface area contributed by atoms with Crippen LogP contribution in [0, 0.1) is 5.82 Å². The van der Waals surface area contributed by atoms with E-state index in [0.717, 1.165) is 23.9 Å². The van der Waals surface area contributed by atoms with Crippen LogP contribution >= 0.6 is 15.9 Å². The summed E-state index contributed by atoms with van der Waals surface area (Å²) in [5.74, 6) is -0.774. The van der Waals surface area contributed by atoms with E-state index in [4.69, 9.17) is 0 Å². The predicted octanol–water partition coefficient (Wildman–Crippen LogP) is 2.94. The molecule has 0 aromatic heterocycles. The van der Waals surface area contributed by atoms with Crippen molar-refractivity contribution >= 4 is 21.8 Å². The Morgan fingerprint density at radius 2 is 2.20 bits per heavy atom. The second kappa shape index (κ2) is 5.82. The number of carbonyl (C=O) groups is 1. The van der Waals surface area contributed by atoms with Gasteiger partial charge in [0.1, 0.15) is 5.82 Å². The van der Waals surface area contributed by atoms with Crippen LogP contribution in [0.4, 0.5) is 4.39 Å². The maximum absolute atomic E-state index is 13.7. The second-order valence-electron chi connectivity index (χ2n) is 5.65. The van der Waals surface area contributed by atoms with E-state index in [1.165, 1.54) is 31.5 Å². The lowest BCUT2D eigenvalue weighted by Gasteiger charge is -2.35. The average Bonchev–Trinajstić information content (AvgIpc) is 2.89. The largest absolute Gasteiger partial charge is 0.349 e. The van der Waals surface area contributed by atoms with E-state index in [0.29, 0.717) is 6.04 Å². The Bertz CT molecular complexity index is 523. The lowest BCUT2D eigenvalue weighted by molar-refractivity contribution is 0.0892. The van der Waals surface area contributed by atoms with Crippen molar-refractivity contribution in [3.8, 4) is 0 Å². The summed E-state index contributed by atoms with van der Waals surface area (Å²) in [7, 11) is 0. The van der Waals surface area contributed by atoms with Crippen LogP contribution in [0.1, 0.15) is 36.0 Å². The maximum atomic E-state index is 13.7. The molecule has 2 heterocycles. The number of fused-ring (bicyclic) bond motifs is 1. The average molecular weight is 341 g/mol. The Morgan fingerprint density at radius 1 is 1.35 bits per heavy atom. The van der Waals surface area contributed by atoms with E-state index < -0.39 is 5.82 Å². The molecular formula is C15H18BrFN2O. The molecule has 3 nitrogen and oxygen atoms in total. The van der Waals surface area contributed by atoms with Gasteiger partial charge in [-0.3, -0.25) is 4.79 Å². The summed E-state index contributed by atoms with van der Waals surface area (Å²) >= 11 is 3.27. The van der Waals surface area contributed by atoms with E-state index in [9.17, 15) is 9.18 Å². The van der Waals surface area contributed by atoms with Crippen LogP contribution in [0.15, 0.2) is 22.7 Å². The second-order valence-corrected chi connectivity index (χ2v) is 6.57. The molecule has 0 radical (unpaired) electrons. The summed E-state index contributed by atoms with van der Waals surface area (Å²) in [6, 6.07) is 5.22. The van der Waals surface area contributed by atoms with E-state index in [1.54, 1.807) is 6.07 Å². The lowest BCUT2D eigenvalue weighted by atomic mass is 9.97. The highest BCUT2D eigenvalue weighted by Gasteiger charge is 2.32. The molecule has 1 amide bonds. The van der Waals surface area contributed by atoms with Crippen LogP contribution in [0.5, 0.6) is 0 Å². The third kappa shape index (κ3) is 2.88. The number of amides is 1. The van der Waals surface area contributed by atoms with Gasteiger partial charge in [-0.15, -0.1) is 0 Å². The van der Waals surface area contributed by atoms with Gasteiger partial charge in [-0.2, -0.15) is 0 Å². The summed E-state index contributed by atoms with van der Waals surface area (Å²) in [5, 5.41) is 2.99. The lowest BCUT2D eigenvalue weighted by Crippen LogP contribution is -2.47. The maximum Gasteiger partial charge on any atom is 0.254 e. The highest BCUT2D eigenvalue weighted by molar-refractivity contribution is 9.10. The molecule has 1 aromatic rings. The number of piperidine rings is 1. The summed E-state index contributed by atoms with van der Waals surface area (Å²) < 4.78 is 14.4. The summed E-state index contributed by atoms with van der Waals surface area (Å²) in [6.07, 6.45) is 4.42. The Labute approximate surface area is 126 Å². The molecule has 0 aliphatic carbocycles. The molecule has 0 saturated carbocycles. The zero-order chi connectivity index (χ0) is 14.1. The third-order valence-electron chi connectivity index (χ3n) is 4.33. The van der Waals surface area contributed by atoms with Gasteiger partial charge in [0.15, 0.2) is 0 Å². The molecule has 3 rings (SSSR count). The van der Waals surface area contributed by atoms with Crippen LogP contribution in [0.3, 0.4) is 0 Å². The fourth-order valence-corrected chi connectivity index (χ4v) is 3.65. The molecule has 2 fully saturated rings. The Kier molecular flexibility index (Phi) is 4.08. The monoisotopic (exact) mass is 340 g/mol. The first-order chi connectivity index (χ1) is 9.63. The van der Waals surface area contributed by atoms with Gasteiger partial charge < -0.3 is 10.2 Å². The molecule has 108 valence electrons. The van der Waals surface area contributed by atoms with Gasteiger partial charge in [0.05, 0.1) is 5.56 Å². The molecule has 0 bridgehead atoms. The fourth-order valence-electron chi connectivity index (χ4n) is 3.29. The normalized spacial score (nSPS) is 26.3. The molecule has 0 spiro atoms. The number of halogens is 2. The minimum atomic E-state index is -0.469. The van der Waals surface area contributed by atoms with Crippen LogP contribution < -0.4 is 5.32 Å². The molecule has 1 aromatic carbocycles. The summed E-state index contributed by atoms with van der Waals surface area (Å²) in [4.78, 5) is 14.7. The fraction of sp³-hybridized carbons (Fsp3) is 0.533. The predicted molar refractivity (Wildman–Crippen MR) is 79.2 cm³/mol. The van der Waals surface area contributed by atoms with Crippen LogP contribution in [-0.4, -0.2) is 36.0 Å². The molecular weight excluding hydrogens is 323 g/mol. The molecule has 5 heteroatoms. The van der Waals surface area contributed by atoms with Crippen molar-refractivity contribution in [3.05, 3.63) is 34.1 Å². The molecule has 2 saturated heterocycles. The number of nitrogens with one attached hydrogen (secondary N) is 1. The quantitative estimate of drug-likeness (QED) is 0.897. The van der Waals surface area contributed by atoms with Gasteiger partial charge in [0.2, 0.25) is 0 Å². The van der Waals surface area contributed by atoms with E-state index in [-0.39, 0.29) is 17.5 Å². The first-order valence-electron chi connectivity index (χ1n) is 7.13. The molecule has 20 heavy (non-hydrogen) atoms. The molecule has 1 N–H and O–H groups in total. The van der Waals surface area contributed by atoms with Gasteiger partial charge in [-0.1, -0.05) is 15.9 Å². The first-order valence-corrected chi connectivity index (χ1v) is 7.93. The Hall–Kier alpha value is -0.940. The van der Waals surface area contributed by atoms with Crippen molar-refractivity contribution in [2.24, 2.45) is 0 Å². The van der Waals surface area contributed by atoms with Crippen molar-refractivity contribution in [2.75, 3.05) is 13.1 Å². The minimum Gasteiger partial charge on any atom is -0.349 e. The van der Waals surface area contributed by atoms with Crippen molar-refractivity contribution in [1.82, 2.24) is 10.2 Å². The smallest absolute Gasteiger partial charge is 0.254 e. The number of hydrogen-bond donors (Lipinski definition) is 1. The number of hydrogen-bond acceptors (Lipinski definition) is 2. The first kappa shape index (κ1) is 14.0. The Morgan fingerprint density at radius 3 is 3.05 bits per heavy atom. The van der Waals surface area contributed by atoms with Crippen molar-refractivity contribution in [1.29, 1.82) is 0 Å². The summed E-state index contributed by atoms with van der Waals surface area (Å²) in [6.45, 7) is 2.22. The van der Waals surface area contributed by atoms with E-state index in [1.807, 2.05) is 0 Å².